The van der Waals surface area contributed by atoms with Crippen LogP contribution < -0.4 is 10.8 Å². The molecule has 0 aliphatic heterocycles. The van der Waals surface area contributed by atoms with Gasteiger partial charge in [-0.1, -0.05) is 6.07 Å². The van der Waals surface area contributed by atoms with E-state index in [0.29, 0.717) is 23.8 Å². The van der Waals surface area contributed by atoms with Gasteiger partial charge in [0.1, 0.15) is 5.82 Å². The van der Waals surface area contributed by atoms with Gasteiger partial charge in [0.25, 0.3) is 5.91 Å². The molecule has 128 valence electrons. The van der Waals surface area contributed by atoms with Crippen molar-refractivity contribution in [1.82, 2.24) is 5.48 Å². The van der Waals surface area contributed by atoms with E-state index in [-0.39, 0.29) is 11.3 Å². The lowest BCUT2D eigenvalue weighted by Gasteiger charge is -2.13. The van der Waals surface area contributed by atoms with Gasteiger partial charge in [-0.3, -0.25) is 9.63 Å². The van der Waals surface area contributed by atoms with Gasteiger partial charge in [0.2, 0.25) is 0 Å². The van der Waals surface area contributed by atoms with Crippen molar-refractivity contribution < 1.29 is 14.0 Å². The number of nitrogens with one attached hydrogen (secondary N) is 2. The summed E-state index contributed by atoms with van der Waals surface area (Å²) in [7, 11) is 0. The summed E-state index contributed by atoms with van der Waals surface area (Å²) >= 11 is 0. The summed E-state index contributed by atoms with van der Waals surface area (Å²) in [6.07, 6.45) is 2.23. The molecule has 1 fully saturated rings. The largest absolute Gasteiger partial charge is 0.352 e. The second-order valence-electron chi connectivity index (χ2n) is 6.17. The molecule has 25 heavy (non-hydrogen) atoms. The Hall–Kier alpha value is -2.91. The molecule has 1 saturated carbocycles. The van der Waals surface area contributed by atoms with Crippen LogP contribution in [0.25, 0.3) is 0 Å². The fraction of sp³-hybridized carbons (Fsp3) is 0.263. The average molecular weight is 339 g/mol. The molecule has 0 heterocycles. The topological polar surface area (TPSA) is 74.2 Å². The molecule has 6 heteroatoms. The molecule has 3 rings (SSSR count). The van der Waals surface area contributed by atoms with Crippen molar-refractivity contribution in [3.63, 3.8) is 0 Å². The van der Waals surface area contributed by atoms with Gasteiger partial charge in [-0.25, -0.2) is 9.87 Å². The maximum Gasteiger partial charge on any atom is 0.276 e. The third-order valence-electron chi connectivity index (χ3n) is 3.97. The fourth-order valence-corrected chi connectivity index (χ4v) is 2.35. The molecule has 1 amide bonds. The second kappa shape index (κ2) is 7.32. The number of hydroxylamine groups is 1. The van der Waals surface area contributed by atoms with E-state index in [0.717, 1.165) is 18.4 Å². The number of rotatable bonds is 6. The maximum atomic E-state index is 14.1. The van der Waals surface area contributed by atoms with Gasteiger partial charge in [-0.15, -0.1) is 0 Å². The third-order valence-corrected chi connectivity index (χ3v) is 3.97. The molecule has 0 spiro atoms. The Balaban J connectivity index is 1.82. The Morgan fingerprint density at radius 3 is 2.76 bits per heavy atom. The minimum Gasteiger partial charge on any atom is -0.352 e. The monoisotopic (exact) mass is 339 g/mol. The lowest BCUT2D eigenvalue weighted by molar-refractivity contribution is 0.0271. The highest BCUT2D eigenvalue weighted by Crippen LogP contribution is 2.29. The number of halogens is 1. The highest BCUT2D eigenvalue weighted by molar-refractivity contribution is 6.00. The van der Waals surface area contributed by atoms with E-state index >= 15 is 0 Å². The van der Waals surface area contributed by atoms with Crippen molar-refractivity contribution in [2.75, 3.05) is 11.9 Å². The van der Waals surface area contributed by atoms with Crippen LogP contribution in [0.1, 0.15) is 34.3 Å². The number of nitrogens with zero attached hydrogens (tertiary/aromatic N) is 1. The van der Waals surface area contributed by atoms with E-state index < -0.39 is 11.7 Å². The maximum absolute atomic E-state index is 14.1. The van der Waals surface area contributed by atoms with Crippen molar-refractivity contribution in [3.05, 3.63) is 58.9 Å². The standard InChI is InChI=1S/C19H18FN3O2/c1-12-2-7-17(16(20)8-12)22-18-9-14(10-21)5-6-15(18)19(24)23-25-11-13-3-4-13/h2,5-9,13,22H,3-4,11H2,1H3,(H,23,24). The van der Waals surface area contributed by atoms with Gasteiger partial charge in [0.15, 0.2) is 0 Å². The summed E-state index contributed by atoms with van der Waals surface area (Å²) in [6.45, 7) is 2.27. The van der Waals surface area contributed by atoms with Crippen molar-refractivity contribution in [2.45, 2.75) is 19.8 Å². The Morgan fingerprint density at radius 2 is 2.08 bits per heavy atom. The first kappa shape index (κ1) is 16.9. The highest BCUT2D eigenvalue weighted by Gasteiger charge is 2.22. The fourth-order valence-electron chi connectivity index (χ4n) is 2.35. The zero-order valence-corrected chi connectivity index (χ0v) is 13.8. The van der Waals surface area contributed by atoms with E-state index in [2.05, 4.69) is 10.8 Å². The first-order chi connectivity index (χ1) is 12.1. The molecule has 0 aromatic heterocycles. The van der Waals surface area contributed by atoms with E-state index in [9.17, 15) is 9.18 Å². The van der Waals surface area contributed by atoms with E-state index in [1.54, 1.807) is 19.1 Å². The minimum atomic E-state index is -0.444. The van der Waals surface area contributed by atoms with Gasteiger partial charge in [0, 0.05) is 0 Å². The predicted octanol–water partition coefficient (Wildman–Crippen LogP) is 3.82. The first-order valence-electron chi connectivity index (χ1n) is 8.06. The van der Waals surface area contributed by atoms with Gasteiger partial charge >= 0.3 is 0 Å². The van der Waals surface area contributed by atoms with Crippen molar-refractivity contribution in [3.8, 4) is 6.07 Å². The molecule has 0 atom stereocenters. The number of nitriles is 1. The quantitative estimate of drug-likeness (QED) is 0.785. The van der Waals surface area contributed by atoms with Crippen LogP contribution in [0.5, 0.6) is 0 Å². The molecule has 2 N–H and O–H groups in total. The van der Waals surface area contributed by atoms with Crippen LogP contribution in [0.4, 0.5) is 15.8 Å². The van der Waals surface area contributed by atoms with Gasteiger partial charge < -0.3 is 5.32 Å². The number of benzene rings is 2. The van der Waals surface area contributed by atoms with Gasteiger partial charge in [-0.2, -0.15) is 5.26 Å². The third kappa shape index (κ3) is 4.34. The number of carbonyl (C=O) groups excluding carboxylic acids is 1. The molecule has 5 nitrogen and oxygen atoms in total. The highest BCUT2D eigenvalue weighted by atomic mass is 19.1. The van der Waals surface area contributed by atoms with Crippen molar-refractivity contribution >= 4 is 17.3 Å². The molecule has 1 aliphatic carbocycles. The molecular formula is C19H18FN3O2. The number of aryl methyl sites for hydroxylation is 1. The summed E-state index contributed by atoms with van der Waals surface area (Å²) in [6, 6.07) is 11.3. The van der Waals surface area contributed by atoms with E-state index in [1.807, 2.05) is 6.07 Å². The predicted molar refractivity (Wildman–Crippen MR) is 91.7 cm³/mol. The Labute approximate surface area is 145 Å². The number of amides is 1. The number of hydrogen-bond donors (Lipinski definition) is 2. The molecule has 0 radical (unpaired) electrons. The molecule has 2 aromatic rings. The lowest BCUT2D eigenvalue weighted by atomic mass is 10.1. The van der Waals surface area contributed by atoms with Crippen LogP contribution in [0, 0.1) is 30.0 Å². The molecule has 1 aliphatic rings. The van der Waals surface area contributed by atoms with Crippen LogP contribution in [-0.2, 0) is 4.84 Å². The van der Waals surface area contributed by atoms with Crippen molar-refractivity contribution in [2.24, 2.45) is 5.92 Å². The number of hydrogen-bond acceptors (Lipinski definition) is 4. The molecule has 2 aromatic carbocycles. The zero-order chi connectivity index (χ0) is 17.8. The summed E-state index contributed by atoms with van der Waals surface area (Å²) in [4.78, 5) is 17.6. The average Bonchev–Trinajstić information content (AvgIpc) is 3.41. The van der Waals surface area contributed by atoms with Crippen LogP contribution in [-0.4, -0.2) is 12.5 Å². The molecular weight excluding hydrogens is 321 g/mol. The summed E-state index contributed by atoms with van der Waals surface area (Å²) in [5.41, 5.74) is 4.41. The summed E-state index contributed by atoms with van der Waals surface area (Å²) < 4.78 is 14.1. The van der Waals surface area contributed by atoms with E-state index in [1.165, 1.54) is 24.3 Å². The second-order valence-corrected chi connectivity index (χ2v) is 6.17. The van der Waals surface area contributed by atoms with Crippen LogP contribution in [0.2, 0.25) is 0 Å². The normalized spacial score (nSPS) is 13.2. The number of carbonyl (C=O) groups is 1. The van der Waals surface area contributed by atoms with Crippen LogP contribution in [0.15, 0.2) is 36.4 Å². The Kier molecular flexibility index (Phi) is 4.96. The Morgan fingerprint density at radius 1 is 1.28 bits per heavy atom. The summed E-state index contributed by atoms with van der Waals surface area (Å²) in [5.74, 6) is -0.362. The zero-order valence-electron chi connectivity index (χ0n) is 13.8. The molecule has 0 bridgehead atoms. The minimum absolute atomic E-state index is 0.230. The summed E-state index contributed by atoms with van der Waals surface area (Å²) in [5, 5.41) is 12.0. The first-order valence-corrected chi connectivity index (χ1v) is 8.06. The van der Waals surface area contributed by atoms with Gasteiger partial charge in [-0.05, 0) is 61.6 Å². The van der Waals surface area contributed by atoms with Crippen LogP contribution >= 0.6 is 0 Å². The number of anilines is 2. The Bertz CT molecular complexity index is 841. The smallest absolute Gasteiger partial charge is 0.276 e. The van der Waals surface area contributed by atoms with E-state index in [4.69, 9.17) is 10.1 Å². The molecule has 0 unspecified atom stereocenters. The lowest BCUT2D eigenvalue weighted by Crippen LogP contribution is -2.25. The van der Waals surface area contributed by atoms with Gasteiger partial charge in [0.05, 0.1) is 35.2 Å². The van der Waals surface area contributed by atoms with Crippen molar-refractivity contribution in [1.29, 1.82) is 5.26 Å². The molecule has 0 saturated heterocycles. The van der Waals surface area contributed by atoms with Crippen LogP contribution in [0.3, 0.4) is 0 Å². The SMILES string of the molecule is Cc1ccc(Nc2cc(C#N)ccc2C(=O)NOCC2CC2)c(F)c1.